The summed E-state index contributed by atoms with van der Waals surface area (Å²) in [4.78, 5) is 15.1. The third-order valence-corrected chi connectivity index (χ3v) is 4.83. The number of aromatic hydroxyl groups is 1. The van der Waals surface area contributed by atoms with Crippen molar-refractivity contribution in [3.8, 4) is 16.9 Å². The monoisotopic (exact) mass is 371 g/mol. The summed E-state index contributed by atoms with van der Waals surface area (Å²) in [5.74, 6) is 0.134. The van der Waals surface area contributed by atoms with Gasteiger partial charge in [-0.3, -0.25) is 4.79 Å². The van der Waals surface area contributed by atoms with Crippen LogP contribution in [0.25, 0.3) is 22.1 Å². The highest BCUT2D eigenvalue weighted by Crippen LogP contribution is 2.31. The fourth-order valence-corrected chi connectivity index (χ4v) is 3.28. The van der Waals surface area contributed by atoms with Gasteiger partial charge in [0.05, 0.1) is 16.5 Å². The predicted octanol–water partition coefficient (Wildman–Crippen LogP) is 5.05. The number of halogens is 1. The van der Waals surface area contributed by atoms with Gasteiger partial charge in [0.15, 0.2) is 0 Å². The van der Waals surface area contributed by atoms with E-state index in [0.717, 1.165) is 19.4 Å². The molecule has 3 aromatic rings. The van der Waals surface area contributed by atoms with Crippen LogP contribution in [-0.4, -0.2) is 23.6 Å². The maximum absolute atomic E-state index is 13.0. The van der Waals surface area contributed by atoms with E-state index < -0.39 is 0 Å². The molecule has 0 atom stereocenters. The summed E-state index contributed by atoms with van der Waals surface area (Å²) in [6.45, 7) is 3.56. The van der Waals surface area contributed by atoms with Crippen molar-refractivity contribution in [2.24, 2.45) is 0 Å². The number of unbranched alkanes of at least 4 members (excludes halogenated alkanes) is 1. The number of nitrogens with zero attached hydrogens (tertiary/aromatic N) is 1. The van der Waals surface area contributed by atoms with Gasteiger partial charge in [-0.25, -0.2) is 0 Å². The molecule has 0 aliphatic carbocycles. The Balaban J connectivity index is 2.09. The molecule has 1 heterocycles. The minimum absolute atomic E-state index is 0.134. The van der Waals surface area contributed by atoms with Crippen LogP contribution in [0.15, 0.2) is 51.9 Å². The third kappa shape index (κ3) is 3.62. The molecule has 0 amide bonds. The van der Waals surface area contributed by atoms with Crippen LogP contribution in [0, 0.1) is 0 Å². The molecule has 4 nitrogen and oxygen atoms in total. The number of benzene rings is 2. The van der Waals surface area contributed by atoms with E-state index in [-0.39, 0.29) is 11.2 Å². The molecule has 1 N–H and O–H groups in total. The van der Waals surface area contributed by atoms with E-state index in [1.165, 1.54) is 6.26 Å². The smallest absolute Gasteiger partial charge is 0.200 e. The van der Waals surface area contributed by atoms with Crippen molar-refractivity contribution in [1.29, 1.82) is 0 Å². The van der Waals surface area contributed by atoms with Crippen molar-refractivity contribution < 1.29 is 9.52 Å². The van der Waals surface area contributed by atoms with Crippen LogP contribution in [0.1, 0.15) is 25.3 Å². The van der Waals surface area contributed by atoms with E-state index in [0.29, 0.717) is 39.2 Å². The van der Waals surface area contributed by atoms with Gasteiger partial charge in [0, 0.05) is 17.1 Å². The van der Waals surface area contributed by atoms with Gasteiger partial charge < -0.3 is 14.4 Å². The lowest BCUT2D eigenvalue weighted by Gasteiger charge is -2.18. The van der Waals surface area contributed by atoms with Crippen LogP contribution in [0.2, 0.25) is 5.02 Å². The Hall–Kier alpha value is -2.30. The molecule has 0 aliphatic rings. The number of phenols is 1. The van der Waals surface area contributed by atoms with E-state index in [2.05, 4.69) is 11.8 Å². The molecule has 0 bridgehead atoms. The van der Waals surface area contributed by atoms with Gasteiger partial charge in [-0.1, -0.05) is 43.1 Å². The van der Waals surface area contributed by atoms with E-state index >= 15 is 0 Å². The van der Waals surface area contributed by atoms with Crippen LogP contribution >= 0.6 is 11.6 Å². The van der Waals surface area contributed by atoms with Crippen molar-refractivity contribution >= 4 is 22.6 Å². The molecule has 0 radical (unpaired) electrons. The third-order valence-electron chi connectivity index (χ3n) is 4.51. The number of phenolic OH excluding ortho intramolecular Hbond substituents is 1. The molecular formula is C21H22ClNO3. The number of hydrogen-bond acceptors (Lipinski definition) is 4. The summed E-state index contributed by atoms with van der Waals surface area (Å²) < 4.78 is 5.81. The van der Waals surface area contributed by atoms with Crippen LogP contribution in [0.5, 0.6) is 5.75 Å². The Morgan fingerprint density at radius 1 is 1.15 bits per heavy atom. The second-order valence-electron chi connectivity index (χ2n) is 6.49. The fraction of sp³-hybridized carbons (Fsp3) is 0.286. The zero-order valence-electron chi connectivity index (χ0n) is 15.0. The highest BCUT2D eigenvalue weighted by Gasteiger charge is 2.17. The predicted molar refractivity (Wildman–Crippen MR) is 106 cm³/mol. The molecule has 0 spiro atoms. The highest BCUT2D eigenvalue weighted by atomic mass is 35.5. The van der Waals surface area contributed by atoms with Crippen molar-refractivity contribution in [2.75, 3.05) is 13.6 Å². The summed E-state index contributed by atoms with van der Waals surface area (Å²) in [5, 5.41) is 11.2. The van der Waals surface area contributed by atoms with Crippen molar-refractivity contribution in [1.82, 2.24) is 4.90 Å². The van der Waals surface area contributed by atoms with Gasteiger partial charge in [-0.05, 0) is 38.2 Å². The molecule has 0 fully saturated rings. The SMILES string of the molecule is CCCCN(C)Cc1c(O)ccc2c(=O)c(-c3ccccc3Cl)coc12. The van der Waals surface area contributed by atoms with Crippen LogP contribution in [0.3, 0.4) is 0 Å². The number of hydrogen-bond donors (Lipinski definition) is 1. The molecular weight excluding hydrogens is 350 g/mol. The number of fused-ring (bicyclic) bond motifs is 1. The first-order chi connectivity index (χ1) is 12.5. The number of rotatable bonds is 6. The topological polar surface area (TPSA) is 53.7 Å². The maximum atomic E-state index is 13.0. The molecule has 0 saturated heterocycles. The summed E-state index contributed by atoms with van der Waals surface area (Å²) >= 11 is 6.23. The lowest BCUT2D eigenvalue weighted by molar-refractivity contribution is 0.314. The standard InChI is InChI=1S/C21H22ClNO3/c1-3-4-11-23(2)12-16-19(24)10-9-15-20(25)17(13-26-21(15)16)14-7-5-6-8-18(14)22/h5-10,13,24H,3-4,11-12H2,1-2H3. The quantitative estimate of drug-likeness (QED) is 0.658. The van der Waals surface area contributed by atoms with Crippen LogP contribution in [0.4, 0.5) is 0 Å². The Bertz CT molecular complexity index is 981. The lowest BCUT2D eigenvalue weighted by atomic mass is 10.0. The van der Waals surface area contributed by atoms with E-state index in [1.54, 1.807) is 24.3 Å². The first kappa shape index (κ1) is 18.5. The molecule has 1 aromatic heterocycles. The van der Waals surface area contributed by atoms with Gasteiger partial charge in [0.1, 0.15) is 17.6 Å². The average Bonchev–Trinajstić information content (AvgIpc) is 2.63. The second kappa shape index (κ2) is 7.94. The molecule has 26 heavy (non-hydrogen) atoms. The van der Waals surface area contributed by atoms with E-state index in [1.807, 2.05) is 19.2 Å². The zero-order chi connectivity index (χ0) is 18.7. The van der Waals surface area contributed by atoms with Crippen molar-refractivity contribution in [3.63, 3.8) is 0 Å². The van der Waals surface area contributed by atoms with E-state index in [9.17, 15) is 9.90 Å². The Kier molecular flexibility index (Phi) is 5.64. The minimum atomic E-state index is -0.156. The summed E-state index contributed by atoms with van der Waals surface area (Å²) in [6.07, 6.45) is 3.60. The van der Waals surface area contributed by atoms with Gasteiger partial charge in [0.25, 0.3) is 0 Å². The van der Waals surface area contributed by atoms with Crippen molar-refractivity contribution in [2.45, 2.75) is 26.3 Å². The lowest BCUT2D eigenvalue weighted by Crippen LogP contribution is -2.19. The van der Waals surface area contributed by atoms with Gasteiger partial charge in [-0.2, -0.15) is 0 Å². The first-order valence-corrected chi connectivity index (χ1v) is 9.10. The molecule has 136 valence electrons. The Morgan fingerprint density at radius 2 is 1.92 bits per heavy atom. The molecule has 2 aromatic carbocycles. The van der Waals surface area contributed by atoms with Gasteiger partial charge in [-0.15, -0.1) is 0 Å². The first-order valence-electron chi connectivity index (χ1n) is 8.72. The zero-order valence-corrected chi connectivity index (χ0v) is 15.7. The second-order valence-corrected chi connectivity index (χ2v) is 6.90. The van der Waals surface area contributed by atoms with Crippen LogP contribution in [-0.2, 0) is 6.54 Å². The normalized spacial score (nSPS) is 11.4. The molecule has 0 saturated carbocycles. The fourth-order valence-electron chi connectivity index (χ4n) is 3.04. The molecule has 5 heteroatoms. The highest BCUT2D eigenvalue weighted by molar-refractivity contribution is 6.33. The molecule has 3 rings (SSSR count). The van der Waals surface area contributed by atoms with Gasteiger partial charge >= 0.3 is 0 Å². The van der Waals surface area contributed by atoms with Gasteiger partial charge in [0.2, 0.25) is 5.43 Å². The van der Waals surface area contributed by atoms with E-state index in [4.69, 9.17) is 16.0 Å². The summed E-state index contributed by atoms with van der Waals surface area (Å²) in [6, 6.07) is 10.3. The average molecular weight is 372 g/mol. The maximum Gasteiger partial charge on any atom is 0.200 e. The van der Waals surface area contributed by atoms with Crippen molar-refractivity contribution in [3.05, 3.63) is 63.5 Å². The van der Waals surface area contributed by atoms with Crippen LogP contribution < -0.4 is 5.43 Å². The largest absolute Gasteiger partial charge is 0.507 e. The molecule has 0 aliphatic heterocycles. The minimum Gasteiger partial charge on any atom is -0.507 e. The summed E-state index contributed by atoms with van der Waals surface area (Å²) in [7, 11) is 1.99. The Morgan fingerprint density at radius 3 is 2.65 bits per heavy atom. The summed E-state index contributed by atoms with van der Waals surface area (Å²) in [5.41, 5.74) is 1.95. The molecule has 0 unspecified atom stereocenters. The Labute approximate surface area is 157 Å².